The lowest BCUT2D eigenvalue weighted by atomic mass is 9.72. The number of aliphatic hydroxyl groups excluding tert-OH is 1. The summed E-state index contributed by atoms with van der Waals surface area (Å²) in [4.78, 5) is 1.96. The minimum Gasteiger partial charge on any atom is -0.396 e. The van der Waals surface area contributed by atoms with Crippen LogP contribution in [-0.2, 0) is 0 Å². The number of aliphatic hydroxyl groups is 1. The van der Waals surface area contributed by atoms with E-state index in [0.29, 0.717) is 25.9 Å². The van der Waals surface area contributed by atoms with Crippen molar-refractivity contribution in [2.75, 3.05) is 26.2 Å². The Morgan fingerprint density at radius 3 is 2.11 bits per heavy atom. The fourth-order valence-corrected chi connectivity index (χ4v) is 3.51. The number of likely N-dealkylation sites (tertiary alicyclic amines) is 1. The molecule has 2 rings (SSSR count). The zero-order valence-electron chi connectivity index (χ0n) is 11.4. The summed E-state index contributed by atoms with van der Waals surface area (Å²) in [5.74, 6) is 0.282. The summed E-state index contributed by atoms with van der Waals surface area (Å²) < 4.78 is 40.3. The fourth-order valence-electron chi connectivity index (χ4n) is 3.51. The molecule has 1 saturated heterocycles. The third kappa shape index (κ3) is 3.43. The van der Waals surface area contributed by atoms with Crippen molar-refractivity contribution in [1.29, 1.82) is 0 Å². The van der Waals surface area contributed by atoms with Crippen LogP contribution in [0.4, 0.5) is 13.2 Å². The molecule has 1 aliphatic heterocycles. The molecule has 0 aromatic carbocycles. The molecular weight excluding hydrogens is 255 g/mol. The molecule has 1 aliphatic carbocycles. The summed E-state index contributed by atoms with van der Waals surface area (Å²) in [6.07, 6.45) is 0.479. The first-order chi connectivity index (χ1) is 8.97. The van der Waals surface area contributed by atoms with Crippen LogP contribution in [0.1, 0.15) is 44.9 Å². The van der Waals surface area contributed by atoms with Gasteiger partial charge in [0.15, 0.2) is 0 Å². The van der Waals surface area contributed by atoms with Crippen LogP contribution in [-0.4, -0.2) is 42.4 Å². The van der Waals surface area contributed by atoms with E-state index >= 15 is 0 Å². The van der Waals surface area contributed by atoms with E-state index in [4.69, 9.17) is 5.11 Å². The highest BCUT2D eigenvalue weighted by Gasteiger charge is 2.55. The van der Waals surface area contributed by atoms with Gasteiger partial charge in [0.05, 0.1) is 5.41 Å². The van der Waals surface area contributed by atoms with Crippen molar-refractivity contribution in [3.8, 4) is 0 Å². The second-order valence-electron chi connectivity index (χ2n) is 6.24. The van der Waals surface area contributed by atoms with Crippen LogP contribution in [0.3, 0.4) is 0 Å². The highest BCUT2D eigenvalue weighted by molar-refractivity contribution is 4.92. The van der Waals surface area contributed by atoms with E-state index in [9.17, 15) is 13.2 Å². The summed E-state index contributed by atoms with van der Waals surface area (Å²) in [6, 6.07) is 0. The van der Waals surface area contributed by atoms with Crippen molar-refractivity contribution >= 4 is 0 Å². The number of halogens is 3. The van der Waals surface area contributed by atoms with Gasteiger partial charge in [0.25, 0.3) is 0 Å². The van der Waals surface area contributed by atoms with Crippen LogP contribution in [0.2, 0.25) is 0 Å². The van der Waals surface area contributed by atoms with Gasteiger partial charge < -0.3 is 10.0 Å². The first kappa shape index (κ1) is 15.1. The molecule has 19 heavy (non-hydrogen) atoms. The highest BCUT2D eigenvalue weighted by atomic mass is 19.4. The monoisotopic (exact) mass is 279 g/mol. The Hall–Kier alpha value is -0.290. The van der Waals surface area contributed by atoms with Crippen LogP contribution < -0.4 is 0 Å². The highest BCUT2D eigenvalue weighted by Crippen LogP contribution is 2.49. The van der Waals surface area contributed by atoms with Crippen LogP contribution >= 0.6 is 0 Å². The Bertz CT molecular complexity index is 279. The van der Waals surface area contributed by atoms with Crippen LogP contribution in [0.15, 0.2) is 0 Å². The standard InChI is InChI=1S/C14H24F3NO/c15-14(16,17)13(6-2-1-3-7-13)11-18-8-4-12(10-19)5-9-18/h12,19H,1-11H2. The van der Waals surface area contributed by atoms with Gasteiger partial charge in [-0.2, -0.15) is 13.2 Å². The molecule has 2 aliphatic rings. The topological polar surface area (TPSA) is 23.5 Å². The van der Waals surface area contributed by atoms with Crippen LogP contribution in [0, 0.1) is 11.3 Å². The molecule has 0 amide bonds. The predicted molar refractivity (Wildman–Crippen MR) is 67.8 cm³/mol. The van der Waals surface area contributed by atoms with Crippen molar-refractivity contribution in [1.82, 2.24) is 4.90 Å². The van der Waals surface area contributed by atoms with Crippen molar-refractivity contribution < 1.29 is 18.3 Å². The second kappa shape index (κ2) is 6.00. The SMILES string of the molecule is OCC1CCN(CC2(C(F)(F)F)CCCCC2)CC1. The summed E-state index contributed by atoms with van der Waals surface area (Å²) >= 11 is 0. The maximum atomic E-state index is 13.4. The van der Waals surface area contributed by atoms with E-state index in [1.807, 2.05) is 4.90 Å². The summed E-state index contributed by atoms with van der Waals surface area (Å²) in [6.45, 7) is 1.72. The Morgan fingerprint density at radius 1 is 1.05 bits per heavy atom. The van der Waals surface area contributed by atoms with Gasteiger partial charge in [0, 0.05) is 13.2 Å². The fraction of sp³-hybridized carbons (Fsp3) is 1.00. The minimum absolute atomic E-state index is 0.161. The maximum absolute atomic E-state index is 13.4. The molecule has 1 saturated carbocycles. The molecule has 0 bridgehead atoms. The second-order valence-corrected chi connectivity index (χ2v) is 6.24. The van der Waals surface area contributed by atoms with E-state index in [1.165, 1.54) is 0 Å². The molecule has 112 valence electrons. The average Bonchev–Trinajstić information content (AvgIpc) is 2.39. The van der Waals surface area contributed by atoms with Gasteiger partial charge >= 0.3 is 6.18 Å². The van der Waals surface area contributed by atoms with Crippen molar-refractivity contribution in [2.45, 2.75) is 51.1 Å². The Morgan fingerprint density at radius 2 is 1.63 bits per heavy atom. The van der Waals surface area contributed by atoms with Gasteiger partial charge in [0.1, 0.15) is 0 Å². The summed E-state index contributed by atoms with van der Waals surface area (Å²) in [5.41, 5.74) is -1.47. The zero-order chi connectivity index (χ0) is 13.9. The number of alkyl halides is 3. The molecule has 0 aromatic rings. The van der Waals surface area contributed by atoms with E-state index in [0.717, 1.165) is 19.3 Å². The van der Waals surface area contributed by atoms with Gasteiger partial charge in [-0.15, -0.1) is 0 Å². The number of piperidine rings is 1. The van der Waals surface area contributed by atoms with Gasteiger partial charge in [-0.05, 0) is 44.7 Å². The van der Waals surface area contributed by atoms with Gasteiger partial charge in [-0.3, -0.25) is 0 Å². The molecule has 0 radical (unpaired) electrons. The smallest absolute Gasteiger partial charge is 0.395 e. The Kier molecular flexibility index (Phi) is 4.77. The summed E-state index contributed by atoms with van der Waals surface area (Å²) in [7, 11) is 0. The normalized spacial score (nSPS) is 26.5. The van der Waals surface area contributed by atoms with E-state index in [-0.39, 0.29) is 31.9 Å². The van der Waals surface area contributed by atoms with E-state index in [1.54, 1.807) is 0 Å². The maximum Gasteiger partial charge on any atom is 0.395 e. The average molecular weight is 279 g/mol. The third-order valence-corrected chi connectivity index (χ3v) is 4.90. The third-order valence-electron chi connectivity index (χ3n) is 4.90. The molecule has 0 aromatic heterocycles. The number of nitrogens with zero attached hydrogens (tertiary/aromatic N) is 1. The van der Waals surface area contributed by atoms with Gasteiger partial charge in [-0.1, -0.05) is 19.3 Å². The lowest BCUT2D eigenvalue weighted by Crippen LogP contribution is -2.50. The van der Waals surface area contributed by atoms with Crippen LogP contribution in [0.5, 0.6) is 0 Å². The largest absolute Gasteiger partial charge is 0.396 e. The summed E-state index contributed by atoms with van der Waals surface area (Å²) in [5, 5.41) is 9.08. The number of hydrogen-bond acceptors (Lipinski definition) is 2. The van der Waals surface area contributed by atoms with Crippen molar-refractivity contribution in [3.05, 3.63) is 0 Å². The molecule has 0 unspecified atom stereocenters. The zero-order valence-corrected chi connectivity index (χ0v) is 11.4. The molecule has 1 N–H and O–H groups in total. The number of rotatable bonds is 3. The predicted octanol–water partition coefficient (Wildman–Crippen LogP) is 3.20. The Balaban J connectivity index is 1.97. The molecule has 1 heterocycles. The first-order valence-electron chi connectivity index (χ1n) is 7.37. The van der Waals surface area contributed by atoms with Crippen molar-refractivity contribution in [2.24, 2.45) is 11.3 Å². The van der Waals surface area contributed by atoms with Crippen LogP contribution in [0.25, 0.3) is 0 Å². The first-order valence-corrected chi connectivity index (χ1v) is 7.37. The molecule has 5 heteroatoms. The lowest BCUT2D eigenvalue weighted by Gasteiger charge is -2.44. The molecule has 0 atom stereocenters. The Labute approximate surface area is 113 Å². The molecule has 0 spiro atoms. The lowest BCUT2D eigenvalue weighted by molar-refractivity contribution is -0.240. The minimum atomic E-state index is -4.08. The van der Waals surface area contributed by atoms with E-state index in [2.05, 4.69) is 0 Å². The molecule has 2 nitrogen and oxygen atoms in total. The number of hydrogen-bond donors (Lipinski definition) is 1. The van der Waals surface area contributed by atoms with Gasteiger partial charge in [0.2, 0.25) is 0 Å². The molecular formula is C14H24F3NO. The van der Waals surface area contributed by atoms with Gasteiger partial charge in [-0.25, -0.2) is 0 Å². The van der Waals surface area contributed by atoms with E-state index < -0.39 is 11.6 Å². The van der Waals surface area contributed by atoms with Crippen molar-refractivity contribution in [3.63, 3.8) is 0 Å². The molecule has 2 fully saturated rings. The quantitative estimate of drug-likeness (QED) is 0.857.